The number of rotatable bonds is 8. The van der Waals surface area contributed by atoms with Gasteiger partial charge in [0.25, 0.3) is 0 Å². The lowest BCUT2D eigenvalue weighted by atomic mass is 9.96. The highest BCUT2D eigenvalue weighted by Crippen LogP contribution is 2.48. The van der Waals surface area contributed by atoms with Crippen LogP contribution in [-0.4, -0.2) is 85.1 Å². The van der Waals surface area contributed by atoms with Gasteiger partial charge in [-0.2, -0.15) is 0 Å². The van der Waals surface area contributed by atoms with Gasteiger partial charge in [-0.05, 0) is 12.8 Å². The molecule has 4 N–H and O–H groups in total. The number of aliphatic hydroxyl groups is 1. The van der Waals surface area contributed by atoms with Gasteiger partial charge < -0.3 is 29.3 Å². The first-order chi connectivity index (χ1) is 11.5. The van der Waals surface area contributed by atoms with Gasteiger partial charge in [-0.1, -0.05) is 0 Å². The molecule has 2 aliphatic heterocycles. The van der Waals surface area contributed by atoms with E-state index < -0.39 is 46.7 Å². The van der Waals surface area contributed by atoms with E-state index in [1.807, 2.05) is 0 Å². The summed E-state index contributed by atoms with van der Waals surface area (Å²) in [6.07, 6.45) is -2.77. The van der Waals surface area contributed by atoms with Crippen molar-refractivity contribution in [3.05, 3.63) is 0 Å². The van der Waals surface area contributed by atoms with Crippen LogP contribution in [0.25, 0.3) is 0 Å². The zero-order chi connectivity index (χ0) is 18.8. The lowest BCUT2D eigenvalue weighted by molar-refractivity contribution is -0.0247. The third-order valence-electron chi connectivity index (χ3n) is 3.87. The van der Waals surface area contributed by atoms with Crippen molar-refractivity contribution < 1.29 is 52.0 Å². The van der Waals surface area contributed by atoms with Gasteiger partial charge in [0.2, 0.25) is 0 Å². The highest BCUT2D eigenvalue weighted by atomic mass is 31.2. The van der Waals surface area contributed by atoms with Gasteiger partial charge in [0.15, 0.2) is 0 Å². The molecule has 144 valence electrons. The summed E-state index contributed by atoms with van der Waals surface area (Å²) >= 11 is 0. The van der Waals surface area contributed by atoms with Gasteiger partial charge in [0.05, 0.1) is 25.4 Å². The molecule has 11 nitrogen and oxygen atoms in total. The summed E-state index contributed by atoms with van der Waals surface area (Å²) in [5.74, 6) is 0. The summed E-state index contributed by atoms with van der Waals surface area (Å²) in [6, 6.07) is -0.530. The second-order valence-electron chi connectivity index (χ2n) is 6.20. The molecule has 7 atom stereocenters. The van der Waals surface area contributed by atoms with E-state index in [2.05, 4.69) is 4.52 Å². The summed E-state index contributed by atoms with van der Waals surface area (Å²) < 4.78 is 47.9. The Bertz CT molecular complexity index is 545. The van der Waals surface area contributed by atoms with Crippen molar-refractivity contribution in [3.63, 3.8) is 0 Å². The lowest BCUT2D eigenvalue weighted by Crippen LogP contribution is -2.30. The van der Waals surface area contributed by atoms with Crippen LogP contribution >= 0.6 is 15.6 Å². The van der Waals surface area contributed by atoms with Crippen molar-refractivity contribution in [3.8, 4) is 0 Å². The van der Waals surface area contributed by atoms with Crippen molar-refractivity contribution in [2.75, 3.05) is 13.2 Å². The maximum absolute atomic E-state index is 12.1. The number of phosphoric acid groups is 2. The van der Waals surface area contributed by atoms with E-state index in [0.717, 1.165) is 0 Å². The molecule has 2 aliphatic rings. The number of ether oxygens (including phenoxy) is 2. The predicted molar refractivity (Wildman–Crippen MR) is 88.3 cm³/mol. The smallest absolute Gasteiger partial charge is 0.390 e. The molecule has 2 saturated heterocycles. The molecule has 0 spiro atoms. The first-order valence-corrected chi connectivity index (χ1v) is 10.8. The molecule has 3 unspecified atom stereocenters. The van der Waals surface area contributed by atoms with Gasteiger partial charge >= 0.3 is 15.6 Å². The quantitative estimate of drug-likeness (QED) is 0.250. The Hall–Kier alpha value is 0.230. The molecule has 0 saturated carbocycles. The minimum atomic E-state index is -4.70. The van der Waals surface area contributed by atoms with Crippen LogP contribution in [-0.2, 0) is 32.2 Å². The Balaban J connectivity index is 1.86. The van der Waals surface area contributed by atoms with Crippen molar-refractivity contribution in [1.29, 1.82) is 0 Å². The molecular formula is C10H22B2O11P2. The average Bonchev–Trinajstić information content (AvgIpc) is 2.95. The van der Waals surface area contributed by atoms with Gasteiger partial charge in [0, 0.05) is 12.0 Å². The average molecular weight is 402 g/mol. The van der Waals surface area contributed by atoms with Crippen molar-refractivity contribution >= 4 is 31.3 Å². The monoisotopic (exact) mass is 402 g/mol. The summed E-state index contributed by atoms with van der Waals surface area (Å²) in [6.45, 7) is -0.826. The van der Waals surface area contributed by atoms with Gasteiger partial charge in [-0.3, -0.25) is 13.6 Å². The van der Waals surface area contributed by atoms with Gasteiger partial charge in [0.1, 0.15) is 27.9 Å². The Morgan fingerprint density at radius 1 is 0.960 bits per heavy atom. The Kier molecular flexibility index (Phi) is 7.32. The second-order valence-corrected chi connectivity index (χ2v) is 8.85. The number of hydrogen-bond acceptors (Lipinski definition) is 8. The van der Waals surface area contributed by atoms with E-state index in [1.165, 1.54) is 0 Å². The van der Waals surface area contributed by atoms with Crippen LogP contribution in [0.3, 0.4) is 0 Å². The fourth-order valence-corrected chi connectivity index (χ4v) is 4.11. The maximum Gasteiger partial charge on any atom is 0.472 e. The molecule has 0 amide bonds. The lowest BCUT2D eigenvalue weighted by Gasteiger charge is -2.23. The fraction of sp³-hybridized carbons (Fsp3) is 1.00. The minimum Gasteiger partial charge on any atom is -0.390 e. The standard InChI is InChI=1S/C10H22B2O11P2/c11-9-1-5(13)7(21-9)3-20-25(17,18)23-6-2-10(12)22-8(6)4-19-24(14,15)16/h5-10,13H,1-4,11-12H2,(H,17,18)(H2,14,15,16)/t5?,6?,7-,8-,9-,10-/m1/s1. The van der Waals surface area contributed by atoms with Gasteiger partial charge in [-0.25, -0.2) is 9.13 Å². The van der Waals surface area contributed by atoms with Gasteiger partial charge in [-0.15, -0.1) is 0 Å². The molecule has 2 heterocycles. The molecule has 15 heteroatoms. The van der Waals surface area contributed by atoms with Crippen LogP contribution in [0.1, 0.15) is 12.8 Å². The van der Waals surface area contributed by atoms with Crippen LogP contribution in [0.2, 0.25) is 0 Å². The molecule has 2 fully saturated rings. The normalized spacial score (nSPS) is 38.7. The first kappa shape index (κ1) is 21.5. The Morgan fingerprint density at radius 3 is 2.08 bits per heavy atom. The molecule has 2 rings (SSSR count). The third kappa shape index (κ3) is 7.04. The molecular weight excluding hydrogens is 380 g/mol. The summed E-state index contributed by atoms with van der Waals surface area (Å²) in [5, 5.41) is 9.74. The number of aliphatic hydroxyl groups excluding tert-OH is 1. The number of hydrogen-bond donors (Lipinski definition) is 4. The van der Waals surface area contributed by atoms with Crippen LogP contribution in [0.15, 0.2) is 0 Å². The molecule has 0 radical (unpaired) electrons. The van der Waals surface area contributed by atoms with E-state index in [-0.39, 0.29) is 25.0 Å². The van der Waals surface area contributed by atoms with E-state index in [1.54, 1.807) is 15.7 Å². The van der Waals surface area contributed by atoms with E-state index in [4.69, 9.17) is 28.3 Å². The maximum atomic E-state index is 12.1. The largest absolute Gasteiger partial charge is 0.472 e. The van der Waals surface area contributed by atoms with Crippen LogP contribution in [0, 0.1) is 0 Å². The van der Waals surface area contributed by atoms with E-state index in [9.17, 15) is 19.1 Å². The van der Waals surface area contributed by atoms with Crippen LogP contribution < -0.4 is 0 Å². The third-order valence-corrected chi connectivity index (χ3v) is 5.37. The second kappa shape index (κ2) is 8.50. The molecule has 0 bridgehead atoms. The van der Waals surface area contributed by atoms with Crippen molar-refractivity contribution in [1.82, 2.24) is 0 Å². The molecule has 0 aliphatic carbocycles. The molecule has 25 heavy (non-hydrogen) atoms. The zero-order valence-electron chi connectivity index (χ0n) is 13.8. The summed E-state index contributed by atoms with van der Waals surface area (Å²) in [4.78, 5) is 27.3. The Labute approximate surface area is 146 Å². The predicted octanol–water partition coefficient (Wildman–Crippen LogP) is -2.54. The highest BCUT2D eigenvalue weighted by Gasteiger charge is 2.41. The van der Waals surface area contributed by atoms with Crippen LogP contribution in [0.4, 0.5) is 0 Å². The minimum absolute atomic E-state index is 0.180. The molecule has 0 aromatic rings. The van der Waals surface area contributed by atoms with E-state index in [0.29, 0.717) is 6.42 Å². The molecule has 0 aromatic carbocycles. The molecule has 0 aromatic heterocycles. The highest BCUT2D eigenvalue weighted by molar-refractivity contribution is 7.47. The van der Waals surface area contributed by atoms with E-state index >= 15 is 0 Å². The first-order valence-electron chi connectivity index (χ1n) is 7.80. The topological polar surface area (TPSA) is 161 Å². The van der Waals surface area contributed by atoms with Crippen LogP contribution in [0.5, 0.6) is 0 Å². The summed E-state index contributed by atoms with van der Waals surface area (Å²) in [7, 11) is -5.74. The zero-order valence-corrected chi connectivity index (χ0v) is 15.6. The summed E-state index contributed by atoms with van der Waals surface area (Å²) in [5.41, 5.74) is 0. The van der Waals surface area contributed by atoms with Crippen molar-refractivity contribution in [2.45, 2.75) is 49.3 Å². The number of phosphoric ester groups is 2. The fourth-order valence-electron chi connectivity index (χ4n) is 2.80. The SMILES string of the molecule is B[C@H]1CC(O)[C@@H](COP(=O)(O)OC2C[C@H](B)O[C@@H]2COP(=O)(O)O)O1. The Morgan fingerprint density at radius 2 is 1.52 bits per heavy atom. The van der Waals surface area contributed by atoms with Crippen molar-refractivity contribution in [2.24, 2.45) is 0 Å².